The molecule has 2 heterocycles. The minimum absolute atomic E-state index is 0.244. The Morgan fingerprint density at radius 3 is 2.21 bits per heavy atom. The number of ether oxygens (including phenoxy) is 2. The Hall–Kier alpha value is -4.64. The average molecular weight is 455 g/mol. The van der Waals surface area contributed by atoms with Gasteiger partial charge in [0.1, 0.15) is 17.4 Å². The number of carbonyl (C=O) groups excluding carboxylic acids is 3. The van der Waals surface area contributed by atoms with E-state index in [0.29, 0.717) is 5.56 Å². The lowest BCUT2D eigenvalue weighted by atomic mass is 10.1. The van der Waals surface area contributed by atoms with Crippen LogP contribution in [0.4, 0.5) is 0 Å². The van der Waals surface area contributed by atoms with Crippen molar-refractivity contribution in [2.45, 2.75) is 13.8 Å². The molecule has 0 aliphatic carbocycles. The van der Waals surface area contributed by atoms with Gasteiger partial charge in [-0.3, -0.25) is 9.59 Å². The van der Waals surface area contributed by atoms with Crippen molar-refractivity contribution in [2.75, 3.05) is 13.8 Å². The van der Waals surface area contributed by atoms with Crippen molar-refractivity contribution < 1.29 is 23.9 Å². The predicted molar refractivity (Wildman–Crippen MR) is 123 cm³/mol. The van der Waals surface area contributed by atoms with Crippen LogP contribution in [-0.4, -0.2) is 41.1 Å². The Morgan fingerprint density at radius 2 is 1.65 bits per heavy atom. The summed E-state index contributed by atoms with van der Waals surface area (Å²) in [5, 5.41) is 9.55. The van der Waals surface area contributed by atoms with Gasteiger partial charge in [0.05, 0.1) is 18.2 Å². The predicted octanol–water partition coefficient (Wildman–Crippen LogP) is 3.81. The van der Waals surface area contributed by atoms with Crippen LogP contribution >= 0.6 is 0 Å². The second kappa shape index (κ2) is 9.08. The van der Waals surface area contributed by atoms with E-state index in [1.54, 1.807) is 19.2 Å². The highest BCUT2D eigenvalue weighted by molar-refractivity contribution is 6.21. The number of imide groups is 1. The van der Waals surface area contributed by atoms with Gasteiger partial charge < -0.3 is 14.0 Å². The molecule has 170 valence electrons. The van der Waals surface area contributed by atoms with Gasteiger partial charge in [-0.25, -0.2) is 9.69 Å². The third-order valence-corrected chi connectivity index (χ3v) is 5.64. The van der Waals surface area contributed by atoms with Gasteiger partial charge in [0, 0.05) is 17.1 Å². The number of rotatable bonds is 6. The lowest BCUT2D eigenvalue weighted by Gasteiger charge is -2.13. The van der Waals surface area contributed by atoms with Crippen LogP contribution in [-0.2, 0) is 9.53 Å². The highest BCUT2D eigenvalue weighted by Gasteiger charge is 2.36. The topological polar surface area (TPSA) is 102 Å². The number of hydrogen-bond acceptors (Lipinski definition) is 6. The summed E-state index contributed by atoms with van der Waals surface area (Å²) in [7, 11) is 1.60. The molecule has 8 heteroatoms. The molecule has 0 unspecified atom stereocenters. The molecule has 1 aliphatic rings. The molecule has 1 aliphatic heterocycles. The van der Waals surface area contributed by atoms with Crippen molar-refractivity contribution in [1.29, 1.82) is 5.26 Å². The number of benzene rings is 2. The summed E-state index contributed by atoms with van der Waals surface area (Å²) < 4.78 is 12.3. The van der Waals surface area contributed by atoms with Crippen LogP contribution in [0, 0.1) is 25.2 Å². The van der Waals surface area contributed by atoms with Gasteiger partial charge in [0.2, 0.25) is 0 Å². The quantitative estimate of drug-likeness (QED) is 0.242. The maximum Gasteiger partial charge on any atom is 0.350 e. The standard InChI is InChI=1S/C26H21N3O5/c1-16-12-18(17(2)29(16)20-8-10-21(33-3)11-9-20)13-19(14-27)26(32)34-15-28-24(30)22-6-4-5-7-23(22)25(28)31/h4-13H,15H2,1-3H3/b19-13+. The zero-order chi connectivity index (χ0) is 24.4. The van der Waals surface area contributed by atoms with E-state index >= 15 is 0 Å². The third-order valence-electron chi connectivity index (χ3n) is 5.64. The van der Waals surface area contributed by atoms with E-state index in [1.807, 2.05) is 54.8 Å². The molecule has 34 heavy (non-hydrogen) atoms. The van der Waals surface area contributed by atoms with Gasteiger partial charge in [-0.15, -0.1) is 0 Å². The Bertz CT molecular complexity index is 1340. The van der Waals surface area contributed by atoms with Gasteiger partial charge in [-0.2, -0.15) is 5.26 Å². The minimum atomic E-state index is -0.923. The molecule has 0 spiro atoms. The molecular weight excluding hydrogens is 434 g/mol. The lowest BCUT2D eigenvalue weighted by Crippen LogP contribution is -2.33. The van der Waals surface area contributed by atoms with Crippen LogP contribution in [0.15, 0.2) is 60.2 Å². The first-order valence-corrected chi connectivity index (χ1v) is 10.4. The van der Waals surface area contributed by atoms with Crippen molar-refractivity contribution in [3.05, 3.63) is 88.2 Å². The minimum Gasteiger partial charge on any atom is -0.497 e. The van der Waals surface area contributed by atoms with Crippen molar-refractivity contribution >= 4 is 23.9 Å². The van der Waals surface area contributed by atoms with Crippen LogP contribution in [0.1, 0.15) is 37.7 Å². The molecule has 0 radical (unpaired) electrons. The number of fused-ring (bicyclic) bond motifs is 1. The number of nitriles is 1. The molecule has 3 aromatic rings. The van der Waals surface area contributed by atoms with E-state index in [0.717, 1.165) is 27.7 Å². The van der Waals surface area contributed by atoms with Crippen molar-refractivity contribution in [3.63, 3.8) is 0 Å². The first-order chi connectivity index (χ1) is 16.3. The van der Waals surface area contributed by atoms with E-state index in [2.05, 4.69) is 0 Å². The highest BCUT2D eigenvalue weighted by atomic mass is 16.5. The molecule has 0 saturated carbocycles. The second-order valence-electron chi connectivity index (χ2n) is 7.67. The largest absolute Gasteiger partial charge is 0.497 e. The Balaban J connectivity index is 1.53. The average Bonchev–Trinajstić information content (AvgIpc) is 3.27. The SMILES string of the molecule is COc1ccc(-n2c(C)cc(/C=C(\C#N)C(=O)OCN3C(=O)c4ccccc4C3=O)c2C)cc1. The van der Waals surface area contributed by atoms with Crippen LogP contribution in [0.5, 0.6) is 5.75 Å². The van der Waals surface area contributed by atoms with Crippen LogP contribution in [0.25, 0.3) is 11.8 Å². The Kier molecular flexibility index (Phi) is 6.02. The van der Waals surface area contributed by atoms with Crippen LogP contribution < -0.4 is 4.74 Å². The molecule has 2 amide bonds. The fraction of sp³-hybridized carbons (Fsp3) is 0.154. The lowest BCUT2D eigenvalue weighted by molar-refractivity contribution is -0.141. The van der Waals surface area contributed by atoms with Crippen LogP contribution in [0.3, 0.4) is 0 Å². The van der Waals surface area contributed by atoms with E-state index in [1.165, 1.54) is 18.2 Å². The monoisotopic (exact) mass is 455 g/mol. The number of hydrogen-bond donors (Lipinski definition) is 0. The van der Waals surface area contributed by atoms with E-state index < -0.39 is 24.5 Å². The summed E-state index contributed by atoms with van der Waals surface area (Å²) in [6.45, 7) is 3.22. The number of carbonyl (C=O) groups is 3. The Labute approximate surface area is 196 Å². The fourth-order valence-electron chi connectivity index (χ4n) is 3.91. The maximum absolute atomic E-state index is 12.6. The molecule has 4 rings (SSSR count). The molecule has 8 nitrogen and oxygen atoms in total. The van der Waals surface area contributed by atoms with Crippen molar-refractivity contribution in [2.24, 2.45) is 0 Å². The van der Waals surface area contributed by atoms with Gasteiger partial charge in [0.15, 0.2) is 6.73 Å². The molecule has 2 aromatic carbocycles. The molecular formula is C26H21N3O5. The summed E-state index contributed by atoms with van der Waals surface area (Å²) in [5.41, 5.74) is 3.57. The number of amides is 2. The molecule has 1 aromatic heterocycles. The van der Waals surface area contributed by atoms with Crippen molar-refractivity contribution in [1.82, 2.24) is 9.47 Å². The molecule has 0 atom stereocenters. The van der Waals surface area contributed by atoms with E-state index in [-0.39, 0.29) is 16.7 Å². The zero-order valence-electron chi connectivity index (χ0n) is 18.9. The molecule has 0 N–H and O–H groups in total. The van der Waals surface area contributed by atoms with Gasteiger partial charge in [0.25, 0.3) is 11.8 Å². The zero-order valence-corrected chi connectivity index (χ0v) is 18.9. The summed E-state index contributed by atoms with van der Waals surface area (Å²) in [6.07, 6.45) is 1.44. The number of aromatic nitrogens is 1. The van der Waals surface area contributed by atoms with Gasteiger partial charge in [-0.05, 0) is 68.0 Å². The third kappa shape index (κ3) is 3.95. The summed E-state index contributed by atoms with van der Waals surface area (Å²) in [4.78, 5) is 38.3. The number of methoxy groups -OCH3 is 1. The Morgan fingerprint density at radius 1 is 1.03 bits per heavy atom. The molecule has 0 fully saturated rings. The smallest absolute Gasteiger partial charge is 0.350 e. The summed E-state index contributed by atoms with van der Waals surface area (Å²) >= 11 is 0. The normalized spacial score (nSPS) is 13.0. The fourth-order valence-corrected chi connectivity index (χ4v) is 3.91. The first-order valence-electron chi connectivity index (χ1n) is 10.4. The molecule has 0 saturated heterocycles. The van der Waals surface area contributed by atoms with Crippen LogP contribution in [0.2, 0.25) is 0 Å². The van der Waals surface area contributed by atoms with E-state index in [9.17, 15) is 19.6 Å². The second-order valence-corrected chi connectivity index (χ2v) is 7.67. The molecule has 0 bridgehead atoms. The summed E-state index contributed by atoms with van der Waals surface area (Å²) in [6, 6.07) is 17.6. The maximum atomic E-state index is 12.6. The van der Waals surface area contributed by atoms with Crippen molar-refractivity contribution in [3.8, 4) is 17.5 Å². The number of aryl methyl sites for hydroxylation is 1. The van der Waals surface area contributed by atoms with E-state index in [4.69, 9.17) is 9.47 Å². The highest BCUT2D eigenvalue weighted by Crippen LogP contribution is 2.25. The first kappa shape index (κ1) is 22.6. The van der Waals surface area contributed by atoms with Gasteiger partial charge >= 0.3 is 5.97 Å². The van der Waals surface area contributed by atoms with Gasteiger partial charge in [-0.1, -0.05) is 12.1 Å². The summed E-state index contributed by atoms with van der Waals surface area (Å²) in [5.74, 6) is -1.27. The number of nitrogens with zero attached hydrogens (tertiary/aromatic N) is 3. The number of esters is 1.